The number of aldehydes is 1. The summed E-state index contributed by atoms with van der Waals surface area (Å²) >= 11 is 6.34. The summed E-state index contributed by atoms with van der Waals surface area (Å²) in [5, 5.41) is 17.0. The average molecular weight is 563 g/mol. The van der Waals surface area contributed by atoms with Gasteiger partial charge in [0, 0.05) is 18.2 Å². The molecule has 1 saturated heterocycles. The van der Waals surface area contributed by atoms with Crippen molar-refractivity contribution in [2.75, 3.05) is 5.32 Å². The Balaban J connectivity index is 1.83. The second kappa shape index (κ2) is 12.1. The third-order valence-corrected chi connectivity index (χ3v) is 7.51. The number of amides is 4. The summed E-state index contributed by atoms with van der Waals surface area (Å²) in [7, 11) is 0. The van der Waals surface area contributed by atoms with Crippen LogP contribution in [0.25, 0.3) is 0 Å². The molecule has 0 radical (unpaired) electrons. The number of carbonyl (C=O) groups excluding carboxylic acids is 5. The van der Waals surface area contributed by atoms with E-state index in [1.54, 1.807) is 33.8 Å². The second-order valence-electron chi connectivity index (χ2n) is 11.1. The van der Waals surface area contributed by atoms with E-state index in [9.17, 15) is 28.8 Å². The summed E-state index contributed by atoms with van der Waals surface area (Å²) in [4.78, 5) is 76.0. The molecule has 2 bridgehead atoms. The van der Waals surface area contributed by atoms with Crippen molar-refractivity contribution in [3.05, 3.63) is 28.8 Å². The lowest BCUT2D eigenvalue weighted by molar-refractivity contribution is -0.147. The molecule has 1 heterocycles. The molecule has 4 amide bonds. The van der Waals surface area contributed by atoms with Gasteiger partial charge in [0.25, 0.3) is 5.91 Å². The highest BCUT2D eigenvalue weighted by Gasteiger charge is 2.53. The monoisotopic (exact) mass is 562 g/mol. The van der Waals surface area contributed by atoms with Gasteiger partial charge in [-0.15, -0.1) is 0 Å². The number of carboxylic acid groups (broad SMARTS) is 1. The van der Waals surface area contributed by atoms with Crippen molar-refractivity contribution in [3.8, 4) is 0 Å². The van der Waals surface area contributed by atoms with Gasteiger partial charge in [0.2, 0.25) is 17.7 Å². The number of nitrogens with zero attached hydrogens (tertiary/aromatic N) is 1. The second-order valence-corrected chi connectivity index (χ2v) is 11.5. The van der Waals surface area contributed by atoms with Crippen LogP contribution in [0.4, 0.5) is 5.69 Å². The Bertz CT molecular complexity index is 1170. The van der Waals surface area contributed by atoms with Gasteiger partial charge in [-0.2, -0.15) is 0 Å². The van der Waals surface area contributed by atoms with E-state index in [-0.39, 0.29) is 34.9 Å². The van der Waals surface area contributed by atoms with Gasteiger partial charge >= 0.3 is 5.97 Å². The molecule has 5 atom stereocenters. The third kappa shape index (κ3) is 6.95. The third-order valence-electron chi connectivity index (χ3n) is 7.20. The fourth-order valence-electron chi connectivity index (χ4n) is 5.27. The van der Waals surface area contributed by atoms with Gasteiger partial charge in [-0.1, -0.05) is 39.3 Å². The first-order valence-electron chi connectivity index (χ1n) is 13.0. The van der Waals surface area contributed by atoms with E-state index in [4.69, 9.17) is 16.7 Å². The van der Waals surface area contributed by atoms with Crippen molar-refractivity contribution in [2.24, 2.45) is 11.3 Å². The predicted octanol–water partition coefficient (Wildman–Crippen LogP) is 2.37. The Morgan fingerprint density at radius 1 is 1.15 bits per heavy atom. The molecule has 4 N–H and O–H groups in total. The first-order valence-corrected chi connectivity index (χ1v) is 13.3. The molecule has 2 aliphatic rings. The minimum absolute atomic E-state index is 0.0948. The van der Waals surface area contributed by atoms with Crippen LogP contribution in [-0.4, -0.2) is 70.1 Å². The van der Waals surface area contributed by atoms with Crippen molar-refractivity contribution in [3.63, 3.8) is 0 Å². The first-order chi connectivity index (χ1) is 18.3. The molecule has 2 unspecified atom stereocenters. The number of aliphatic carboxylic acids is 1. The average Bonchev–Trinajstić information content (AvgIpc) is 3.47. The van der Waals surface area contributed by atoms with Crippen LogP contribution in [0.3, 0.4) is 0 Å². The largest absolute Gasteiger partial charge is 0.481 e. The standard InChI is InChI=1S/C27H35ClN4O7/c1-5-20(34)29-15-7-9-18(19(28)11-15)24(37)31-23(27(2,3)4)26(39)32-17-8-6-14(10-17)22(32)25(38)30-16(13-33)12-21(35)36/h7,9,11,13-14,16-17,22-23H,5-6,8,10,12H2,1-4H3,(H,29,34)(H,30,38)(H,31,37)(H,35,36)/t14-,16?,17?,22-,23+/m0/s1. The van der Waals surface area contributed by atoms with Crippen LogP contribution in [0.1, 0.15) is 70.2 Å². The van der Waals surface area contributed by atoms with Gasteiger partial charge in [-0.3, -0.25) is 24.0 Å². The molecule has 212 valence electrons. The predicted molar refractivity (Wildman–Crippen MR) is 143 cm³/mol. The topological polar surface area (TPSA) is 162 Å². The van der Waals surface area contributed by atoms with Gasteiger partial charge in [-0.25, -0.2) is 0 Å². The molecule has 2 fully saturated rings. The highest BCUT2D eigenvalue weighted by Crippen LogP contribution is 2.43. The van der Waals surface area contributed by atoms with Gasteiger partial charge in [0.05, 0.1) is 23.0 Å². The summed E-state index contributed by atoms with van der Waals surface area (Å²) in [6.45, 7) is 7.08. The number of fused-ring (bicyclic) bond motifs is 2. The molecule has 12 heteroatoms. The summed E-state index contributed by atoms with van der Waals surface area (Å²) in [5.74, 6) is -3.18. The van der Waals surface area contributed by atoms with Crippen molar-refractivity contribution in [1.82, 2.24) is 15.5 Å². The maximum absolute atomic E-state index is 14.0. The van der Waals surface area contributed by atoms with Crippen LogP contribution in [0.5, 0.6) is 0 Å². The minimum atomic E-state index is -1.23. The normalized spacial score (nSPS) is 21.6. The number of likely N-dealkylation sites (tertiary alicyclic amines) is 1. The molecule has 1 aliphatic carbocycles. The van der Waals surface area contributed by atoms with Crippen LogP contribution in [-0.2, 0) is 24.0 Å². The first kappa shape index (κ1) is 30.1. The fourth-order valence-corrected chi connectivity index (χ4v) is 5.53. The van der Waals surface area contributed by atoms with Crippen molar-refractivity contribution in [2.45, 2.75) is 84.0 Å². The Labute approximate surface area is 232 Å². The van der Waals surface area contributed by atoms with Crippen molar-refractivity contribution >= 4 is 53.2 Å². The Morgan fingerprint density at radius 3 is 2.41 bits per heavy atom. The maximum atomic E-state index is 14.0. The summed E-state index contributed by atoms with van der Waals surface area (Å²) in [6, 6.07) is 1.15. The maximum Gasteiger partial charge on any atom is 0.305 e. The lowest BCUT2D eigenvalue weighted by Crippen LogP contribution is -2.61. The smallest absolute Gasteiger partial charge is 0.305 e. The molecule has 11 nitrogen and oxygen atoms in total. The van der Waals surface area contributed by atoms with Gasteiger partial charge in [-0.05, 0) is 48.8 Å². The zero-order chi connectivity index (χ0) is 29.1. The number of carboxylic acids is 1. The highest BCUT2D eigenvalue weighted by atomic mass is 35.5. The van der Waals surface area contributed by atoms with Crippen LogP contribution < -0.4 is 16.0 Å². The zero-order valence-corrected chi connectivity index (χ0v) is 23.2. The van der Waals surface area contributed by atoms with E-state index in [1.807, 2.05) is 0 Å². The number of rotatable bonds is 10. The summed E-state index contributed by atoms with van der Waals surface area (Å²) < 4.78 is 0. The van der Waals surface area contributed by atoms with Crippen molar-refractivity contribution < 1.29 is 33.9 Å². The summed E-state index contributed by atoms with van der Waals surface area (Å²) in [5.41, 5.74) is -0.190. The summed E-state index contributed by atoms with van der Waals surface area (Å²) in [6.07, 6.45) is 2.12. The molecule has 1 saturated carbocycles. The number of piperidine rings is 1. The van der Waals surface area contributed by atoms with Crippen LogP contribution in [0.2, 0.25) is 5.02 Å². The number of hydrogen-bond donors (Lipinski definition) is 4. The lowest BCUT2D eigenvalue weighted by Gasteiger charge is -2.40. The van der Waals surface area contributed by atoms with Gasteiger partial charge in [0.15, 0.2) is 0 Å². The van der Waals surface area contributed by atoms with Crippen molar-refractivity contribution in [1.29, 1.82) is 0 Å². The van der Waals surface area contributed by atoms with Gasteiger partial charge < -0.3 is 30.8 Å². The number of hydrogen-bond acceptors (Lipinski definition) is 6. The Morgan fingerprint density at radius 2 is 1.85 bits per heavy atom. The SMILES string of the molecule is CCC(=O)Nc1ccc(C(=O)N[C@H](C(=O)N2C3CC[C@@H](C3)[C@H]2C(=O)NC(C=O)CC(=O)O)C(C)(C)C)c(Cl)c1. The molecule has 1 aromatic carbocycles. The molecule has 1 aliphatic heterocycles. The number of benzene rings is 1. The van der Waals surface area contributed by atoms with Crippen LogP contribution in [0.15, 0.2) is 18.2 Å². The number of nitrogens with one attached hydrogen (secondary N) is 3. The highest BCUT2D eigenvalue weighted by molar-refractivity contribution is 6.34. The Hall–Kier alpha value is -3.47. The quantitative estimate of drug-likeness (QED) is 0.318. The van der Waals surface area contributed by atoms with E-state index in [0.717, 1.165) is 6.42 Å². The van der Waals surface area contributed by atoms with E-state index >= 15 is 0 Å². The van der Waals surface area contributed by atoms with Gasteiger partial charge in [0.1, 0.15) is 18.4 Å². The lowest BCUT2D eigenvalue weighted by atomic mass is 9.84. The number of halogens is 1. The van der Waals surface area contributed by atoms with Crippen LogP contribution in [0, 0.1) is 11.3 Å². The fraction of sp³-hybridized carbons (Fsp3) is 0.556. The molecule has 1 aromatic rings. The molecule has 39 heavy (non-hydrogen) atoms. The van der Waals surface area contributed by atoms with E-state index in [2.05, 4.69) is 16.0 Å². The minimum Gasteiger partial charge on any atom is -0.481 e. The zero-order valence-electron chi connectivity index (χ0n) is 22.5. The molecule has 0 aromatic heterocycles. The number of carbonyl (C=O) groups is 6. The number of anilines is 1. The van der Waals surface area contributed by atoms with E-state index in [1.165, 1.54) is 17.0 Å². The Kier molecular flexibility index (Phi) is 9.37. The molecule has 3 rings (SSSR count). The van der Waals surface area contributed by atoms with Crippen LogP contribution >= 0.6 is 11.6 Å². The molecular weight excluding hydrogens is 528 g/mol. The molecule has 0 spiro atoms. The molecular formula is C27H35ClN4O7. The van der Waals surface area contributed by atoms with E-state index < -0.39 is 53.7 Å². The van der Waals surface area contributed by atoms with E-state index in [0.29, 0.717) is 24.8 Å².